The van der Waals surface area contributed by atoms with Crippen LogP contribution in [0.4, 0.5) is 0 Å². The molecule has 2 N–H and O–H groups in total. The average molecular weight is 170 g/mol. The Bertz CT molecular complexity index is 157. The molecule has 0 saturated heterocycles. The minimum Gasteiger partial charge on any atom is -0.387 e. The van der Waals surface area contributed by atoms with Crippen molar-refractivity contribution in [1.82, 2.24) is 0 Å². The largest absolute Gasteiger partial charge is 0.387 e. The van der Waals surface area contributed by atoms with Crippen LogP contribution < -0.4 is 5.73 Å². The van der Waals surface area contributed by atoms with Gasteiger partial charge in [-0.15, -0.1) is 0 Å². The van der Waals surface area contributed by atoms with E-state index < -0.39 is 0 Å². The van der Waals surface area contributed by atoms with Crippen LogP contribution >= 0.6 is 0 Å². The molecule has 0 unspecified atom stereocenters. The molecule has 0 saturated carbocycles. The highest BCUT2D eigenvalue weighted by Crippen LogP contribution is 2.19. The summed E-state index contributed by atoms with van der Waals surface area (Å²) in [6.07, 6.45) is 1.14. The first-order valence-corrected chi connectivity index (χ1v) is 4.69. The van der Waals surface area contributed by atoms with Crippen molar-refractivity contribution >= 4 is 5.84 Å². The minimum absolute atomic E-state index is 0.291. The summed E-state index contributed by atoms with van der Waals surface area (Å²) >= 11 is 0. The Morgan fingerprint density at radius 3 is 2.25 bits per heavy atom. The van der Waals surface area contributed by atoms with Crippen LogP contribution in [0, 0.1) is 11.3 Å². The second-order valence-electron chi connectivity index (χ2n) is 4.41. The molecule has 0 aliphatic heterocycles. The van der Waals surface area contributed by atoms with Gasteiger partial charge in [0.15, 0.2) is 0 Å². The van der Waals surface area contributed by atoms with Gasteiger partial charge in [-0.1, -0.05) is 34.6 Å². The molecule has 0 heterocycles. The van der Waals surface area contributed by atoms with E-state index in [4.69, 9.17) is 5.73 Å². The SMILES string of the molecule is CCC(C)(C)CN=C(N)C(C)C. The van der Waals surface area contributed by atoms with Crippen LogP contribution in [0.2, 0.25) is 0 Å². The lowest BCUT2D eigenvalue weighted by atomic mass is 9.90. The van der Waals surface area contributed by atoms with Gasteiger partial charge in [0.05, 0.1) is 5.84 Å². The number of rotatable bonds is 4. The van der Waals surface area contributed by atoms with Crippen molar-refractivity contribution in [2.24, 2.45) is 22.1 Å². The van der Waals surface area contributed by atoms with E-state index in [1.807, 2.05) is 0 Å². The molecule has 0 aromatic carbocycles. The topological polar surface area (TPSA) is 38.4 Å². The molecule has 0 aliphatic rings. The quantitative estimate of drug-likeness (QED) is 0.511. The molecule has 0 atom stereocenters. The lowest BCUT2D eigenvalue weighted by molar-refractivity contribution is 0.365. The van der Waals surface area contributed by atoms with E-state index >= 15 is 0 Å². The number of hydrogen-bond acceptors (Lipinski definition) is 1. The van der Waals surface area contributed by atoms with Crippen molar-refractivity contribution in [1.29, 1.82) is 0 Å². The van der Waals surface area contributed by atoms with Gasteiger partial charge in [0.25, 0.3) is 0 Å². The second kappa shape index (κ2) is 4.48. The summed E-state index contributed by atoms with van der Waals surface area (Å²) in [5.74, 6) is 1.15. The summed E-state index contributed by atoms with van der Waals surface area (Å²) in [5.41, 5.74) is 6.02. The van der Waals surface area contributed by atoms with Crippen molar-refractivity contribution in [3.05, 3.63) is 0 Å². The number of nitrogens with zero attached hydrogens (tertiary/aromatic N) is 1. The third-order valence-electron chi connectivity index (χ3n) is 2.24. The third-order valence-corrected chi connectivity index (χ3v) is 2.24. The van der Waals surface area contributed by atoms with Crippen LogP contribution in [0.1, 0.15) is 41.0 Å². The molecule has 0 aromatic rings. The third kappa shape index (κ3) is 4.37. The lowest BCUT2D eigenvalue weighted by Gasteiger charge is -2.20. The standard InChI is InChI=1S/C10H22N2/c1-6-10(4,5)7-12-9(11)8(2)3/h8H,6-7H2,1-5H3,(H2,11,12). The van der Waals surface area contributed by atoms with E-state index in [0.717, 1.165) is 18.8 Å². The Balaban J connectivity index is 4.03. The van der Waals surface area contributed by atoms with Gasteiger partial charge in [-0.25, -0.2) is 0 Å². The predicted octanol–water partition coefficient (Wildman–Crippen LogP) is 2.44. The number of nitrogens with two attached hydrogens (primary N) is 1. The molecular weight excluding hydrogens is 148 g/mol. The fraction of sp³-hybridized carbons (Fsp3) is 0.900. The van der Waals surface area contributed by atoms with E-state index in [2.05, 4.69) is 39.6 Å². The zero-order valence-electron chi connectivity index (χ0n) is 9.02. The van der Waals surface area contributed by atoms with Crippen molar-refractivity contribution in [3.63, 3.8) is 0 Å². The first-order valence-electron chi connectivity index (χ1n) is 4.69. The maximum Gasteiger partial charge on any atom is 0.0963 e. The monoisotopic (exact) mass is 170 g/mol. The Hall–Kier alpha value is -0.530. The molecule has 0 aromatic heterocycles. The highest BCUT2D eigenvalue weighted by Gasteiger charge is 2.14. The van der Waals surface area contributed by atoms with Crippen LogP contribution in [0.15, 0.2) is 4.99 Å². The Kier molecular flexibility index (Phi) is 4.29. The van der Waals surface area contributed by atoms with E-state index in [1.54, 1.807) is 0 Å². The average Bonchev–Trinajstić information content (AvgIpc) is 2.00. The van der Waals surface area contributed by atoms with Gasteiger partial charge in [0.2, 0.25) is 0 Å². The molecule has 0 aliphatic carbocycles. The first kappa shape index (κ1) is 11.5. The number of amidine groups is 1. The summed E-state index contributed by atoms with van der Waals surface area (Å²) in [4.78, 5) is 4.36. The van der Waals surface area contributed by atoms with Crippen LogP contribution in [0.25, 0.3) is 0 Å². The molecule has 72 valence electrons. The normalized spacial score (nSPS) is 14.0. The summed E-state index contributed by atoms with van der Waals surface area (Å²) in [5, 5.41) is 0. The molecule has 0 rings (SSSR count). The Labute approximate surface area is 76.3 Å². The van der Waals surface area contributed by atoms with E-state index in [0.29, 0.717) is 11.3 Å². The first-order chi connectivity index (χ1) is 5.39. The summed E-state index contributed by atoms with van der Waals surface area (Å²) in [7, 11) is 0. The van der Waals surface area contributed by atoms with Gasteiger partial charge in [-0.05, 0) is 11.8 Å². The van der Waals surface area contributed by atoms with Crippen LogP contribution in [-0.2, 0) is 0 Å². The number of aliphatic imine (C=N–C) groups is 1. The van der Waals surface area contributed by atoms with Crippen molar-refractivity contribution in [3.8, 4) is 0 Å². The highest BCUT2D eigenvalue weighted by atomic mass is 14.9. The molecular formula is C10H22N2. The van der Waals surface area contributed by atoms with E-state index in [9.17, 15) is 0 Å². The molecule has 0 fully saturated rings. The highest BCUT2D eigenvalue weighted by molar-refractivity contribution is 5.82. The minimum atomic E-state index is 0.291. The fourth-order valence-corrected chi connectivity index (χ4v) is 0.600. The van der Waals surface area contributed by atoms with Crippen LogP contribution in [0.3, 0.4) is 0 Å². The zero-order chi connectivity index (χ0) is 9.78. The second-order valence-corrected chi connectivity index (χ2v) is 4.41. The molecule has 0 bridgehead atoms. The molecule has 0 spiro atoms. The van der Waals surface area contributed by atoms with Gasteiger partial charge in [0.1, 0.15) is 0 Å². The van der Waals surface area contributed by atoms with E-state index in [-0.39, 0.29) is 0 Å². The fourth-order valence-electron chi connectivity index (χ4n) is 0.600. The van der Waals surface area contributed by atoms with Gasteiger partial charge in [0, 0.05) is 12.5 Å². The number of hydrogen-bond donors (Lipinski definition) is 1. The molecule has 2 heteroatoms. The van der Waals surface area contributed by atoms with E-state index in [1.165, 1.54) is 0 Å². The van der Waals surface area contributed by atoms with Crippen molar-refractivity contribution in [2.45, 2.75) is 41.0 Å². The summed E-state index contributed by atoms with van der Waals surface area (Å²) in [6.45, 7) is 11.6. The van der Waals surface area contributed by atoms with Crippen LogP contribution in [-0.4, -0.2) is 12.4 Å². The molecule has 0 amide bonds. The van der Waals surface area contributed by atoms with Crippen molar-refractivity contribution < 1.29 is 0 Å². The van der Waals surface area contributed by atoms with Gasteiger partial charge >= 0.3 is 0 Å². The maximum absolute atomic E-state index is 5.73. The molecule has 0 radical (unpaired) electrons. The smallest absolute Gasteiger partial charge is 0.0963 e. The van der Waals surface area contributed by atoms with Gasteiger partial charge in [-0.2, -0.15) is 0 Å². The summed E-state index contributed by atoms with van der Waals surface area (Å²) in [6, 6.07) is 0. The van der Waals surface area contributed by atoms with Crippen molar-refractivity contribution in [2.75, 3.05) is 6.54 Å². The Morgan fingerprint density at radius 1 is 1.42 bits per heavy atom. The van der Waals surface area contributed by atoms with Crippen LogP contribution in [0.5, 0.6) is 0 Å². The predicted molar refractivity (Wildman–Crippen MR) is 55.4 cm³/mol. The van der Waals surface area contributed by atoms with Gasteiger partial charge < -0.3 is 5.73 Å². The Morgan fingerprint density at radius 2 is 1.92 bits per heavy atom. The maximum atomic E-state index is 5.73. The van der Waals surface area contributed by atoms with Gasteiger partial charge in [-0.3, -0.25) is 4.99 Å². The zero-order valence-corrected chi connectivity index (χ0v) is 9.02. The molecule has 12 heavy (non-hydrogen) atoms. The lowest BCUT2D eigenvalue weighted by Crippen LogP contribution is -2.23. The summed E-state index contributed by atoms with van der Waals surface area (Å²) < 4.78 is 0. The molecule has 2 nitrogen and oxygen atoms in total.